The first-order chi connectivity index (χ1) is 8.49. The van der Waals surface area contributed by atoms with Crippen LogP contribution in [0.3, 0.4) is 0 Å². The van der Waals surface area contributed by atoms with Crippen molar-refractivity contribution in [2.45, 2.75) is 26.2 Å². The molecular weight excluding hydrogens is 233 g/mol. The van der Waals surface area contributed by atoms with Crippen LogP contribution in [-0.2, 0) is 16.0 Å². The molecule has 0 bridgehead atoms. The Morgan fingerprint density at radius 2 is 1.78 bits per heavy atom. The lowest BCUT2D eigenvalue weighted by atomic mass is 10.1. The summed E-state index contributed by atoms with van der Waals surface area (Å²) in [5.41, 5.74) is 0.989. The van der Waals surface area contributed by atoms with Crippen molar-refractivity contribution < 1.29 is 14.0 Å². The van der Waals surface area contributed by atoms with Gasteiger partial charge >= 0.3 is 0 Å². The Morgan fingerprint density at radius 3 is 2.33 bits per heavy atom. The molecule has 0 unspecified atom stereocenters. The summed E-state index contributed by atoms with van der Waals surface area (Å²) in [6.45, 7) is 2.05. The zero-order valence-electron chi connectivity index (χ0n) is 10.8. The van der Waals surface area contributed by atoms with Gasteiger partial charge in [0.2, 0.25) is 5.91 Å². The molecule has 1 aromatic rings. The molecule has 1 rings (SSSR count). The first-order valence-electron chi connectivity index (χ1n) is 5.97. The van der Waals surface area contributed by atoms with Gasteiger partial charge in [-0.1, -0.05) is 12.1 Å². The maximum Gasteiger partial charge on any atom is 0.222 e. The van der Waals surface area contributed by atoms with E-state index in [1.807, 2.05) is 0 Å². The van der Waals surface area contributed by atoms with E-state index >= 15 is 0 Å². The predicted molar refractivity (Wildman–Crippen MR) is 67.7 cm³/mol. The predicted octanol–water partition coefficient (Wildman–Crippen LogP) is 2.20. The summed E-state index contributed by atoms with van der Waals surface area (Å²) in [7, 11) is 1.71. The van der Waals surface area contributed by atoms with Crippen molar-refractivity contribution in [1.82, 2.24) is 4.90 Å². The minimum absolute atomic E-state index is 0.0234. The fourth-order valence-electron chi connectivity index (χ4n) is 1.55. The van der Waals surface area contributed by atoms with Crippen molar-refractivity contribution in [3.8, 4) is 0 Å². The molecule has 3 nitrogen and oxygen atoms in total. The van der Waals surface area contributed by atoms with Crippen LogP contribution in [0.5, 0.6) is 0 Å². The lowest BCUT2D eigenvalue weighted by Crippen LogP contribution is -2.28. The second-order valence-electron chi connectivity index (χ2n) is 4.39. The van der Waals surface area contributed by atoms with Crippen LogP contribution < -0.4 is 0 Å². The normalized spacial score (nSPS) is 10.2. The van der Waals surface area contributed by atoms with Gasteiger partial charge in [0.05, 0.1) is 0 Å². The van der Waals surface area contributed by atoms with Gasteiger partial charge < -0.3 is 9.69 Å². The molecule has 1 amide bonds. The molecule has 0 fully saturated rings. The smallest absolute Gasteiger partial charge is 0.222 e. The van der Waals surface area contributed by atoms with Crippen LogP contribution in [0, 0.1) is 5.82 Å². The van der Waals surface area contributed by atoms with E-state index in [9.17, 15) is 14.0 Å². The second kappa shape index (κ2) is 6.89. The quantitative estimate of drug-likeness (QED) is 0.777. The Balaban J connectivity index is 2.36. The summed E-state index contributed by atoms with van der Waals surface area (Å²) >= 11 is 0. The molecule has 0 spiro atoms. The van der Waals surface area contributed by atoms with Crippen LogP contribution in [0.1, 0.15) is 25.3 Å². The molecule has 0 saturated heterocycles. The number of carbonyl (C=O) groups is 2. The van der Waals surface area contributed by atoms with Gasteiger partial charge in [-0.3, -0.25) is 4.79 Å². The van der Waals surface area contributed by atoms with E-state index in [4.69, 9.17) is 0 Å². The van der Waals surface area contributed by atoms with E-state index < -0.39 is 0 Å². The number of amides is 1. The third-order valence-electron chi connectivity index (χ3n) is 2.77. The van der Waals surface area contributed by atoms with Gasteiger partial charge in [-0.15, -0.1) is 0 Å². The topological polar surface area (TPSA) is 37.4 Å². The molecule has 0 aliphatic carbocycles. The van der Waals surface area contributed by atoms with E-state index in [0.29, 0.717) is 19.4 Å². The summed E-state index contributed by atoms with van der Waals surface area (Å²) in [5.74, 6) is -0.271. The Kier molecular flexibility index (Phi) is 5.49. The maximum atomic E-state index is 12.7. The van der Waals surface area contributed by atoms with Crippen LogP contribution >= 0.6 is 0 Å². The fraction of sp³-hybridized carbons (Fsp3) is 0.429. The van der Waals surface area contributed by atoms with Gasteiger partial charge in [-0.25, -0.2) is 4.39 Å². The number of rotatable bonds is 6. The Labute approximate surface area is 107 Å². The van der Waals surface area contributed by atoms with E-state index in [1.54, 1.807) is 24.1 Å². The average Bonchev–Trinajstić information content (AvgIpc) is 2.34. The minimum Gasteiger partial charge on any atom is -0.345 e. The highest BCUT2D eigenvalue weighted by Gasteiger charge is 2.09. The SMILES string of the molecule is CC(=O)CCC(=O)N(C)CCc1ccc(F)cc1. The van der Waals surface area contributed by atoms with Crippen molar-refractivity contribution in [3.05, 3.63) is 35.6 Å². The Bertz CT molecular complexity index is 414. The number of Topliss-reactive ketones (excluding diaryl/α,β-unsaturated/α-hetero) is 1. The highest BCUT2D eigenvalue weighted by molar-refractivity contribution is 5.83. The van der Waals surface area contributed by atoms with Gasteiger partial charge in [0.1, 0.15) is 11.6 Å². The van der Waals surface area contributed by atoms with Crippen LogP contribution in [-0.4, -0.2) is 30.2 Å². The first-order valence-corrected chi connectivity index (χ1v) is 5.97. The molecule has 0 aromatic heterocycles. The molecule has 0 radical (unpaired) electrons. The summed E-state index contributed by atoms with van der Waals surface area (Å²) in [6, 6.07) is 6.24. The number of hydrogen-bond acceptors (Lipinski definition) is 2. The van der Waals surface area contributed by atoms with Crippen molar-refractivity contribution in [2.24, 2.45) is 0 Å². The summed E-state index contributed by atoms with van der Waals surface area (Å²) in [5, 5.41) is 0. The zero-order valence-corrected chi connectivity index (χ0v) is 10.8. The Hall–Kier alpha value is -1.71. The fourth-order valence-corrected chi connectivity index (χ4v) is 1.55. The number of carbonyl (C=O) groups excluding carboxylic acids is 2. The van der Waals surface area contributed by atoms with Crippen LogP contribution in [0.4, 0.5) is 4.39 Å². The number of hydrogen-bond donors (Lipinski definition) is 0. The molecule has 0 atom stereocenters. The lowest BCUT2D eigenvalue weighted by molar-refractivity contribution is -0.131. The standard InChI is InChI=1S/C14H18FNO2/c1-11(17)3-8-14(18)16(2)10-9-12-4-6-13(15)7-5-12/h4-7H,3,8-10H2,1-2H3. The highest BCUT2D eigenvalue weighted by atomic mass is 19.1. The van der Waals surface area contributed by atoms with Gasteiger partial charge in [0, 0.05) is 26.4 Å². The molecule has 0 heterocycles. The molecule has 4 heteroatoms. The second-order valence-corrected chi connectivity index (χ2v) is 4.39. The third-order valence-corrected chi connectivity index (χ3v) is 2.77. The van der Waals surface area contributed by atoms with Gasteiger partial charge in [-0.05, 0) is 31.0 Å². The first kappa shape index (κ1) is 14.4. The monoisotopic (exact) mass is 251 g/mol. The molecule has 0 saturated carbocycles. The average molecular weight is 251 g/mol. The van der Waals surface area contributed by atoms with Crippen molar-refractivity contribution >= 4 is 11.7 Å². The maximum absolute atomic E-state index is 12.7. The van der Waals surface area contributed by atoms with Gasteiger partial charge in [-0.2, -0.15) is 0 Å². The molecule has 0 aliphatic rings. The molecule has 0 N–H and O–H groups in total. The summed E-state index contributed by atoms with van der Waals surface area (Å²) < 4.78 is 12.7. The molecular formula is C14H18FNO2. The third kappa shape index (κ3) is 5.08. The van der Waals surface area contributed by atoms with Crippen molar-refractivity contribution in [2.75, 3.05) is 13.6 Å². The Morgan fingerprint density at radius 1 is 1.17 bits per heavy atom. The zero-order chi connectivity index (χ0) is 13.5. The lowest BCUT2D eigenvalue weighted by Gasteiger charge is -2.16. The van der Waals surface area contributed by atoms with Crippen LogP contribution in [0.2, 0.25) is 0 Å². The molecule has 98 valence electrons. The van der Waals surface area contributed by atoms with E-state index in [1.165, 1.54) is 19.1 Å². The number of ketones is 1. The van der Waals surface area contributed by atoms with Crippen molar-refractivity contribution in [1.29, 1.82) is 0 Å². The summed E-state index contributed by atoms with van der Waals surface area (Å²) in [6.07, 6.45) is 1.23. The minimum atomic E-state index is -0.260. The largest absolute Gasteiger partial charge is 0.345 e. The highest BCUT2D eigenvalue weighted by Crippen LogP contribution is 2.05. The number of halogens is 1. The van der Waals surface area contributed by atoms with Crippen LogP contribution in [0.25, 0.3) is 0 Å². The molecule has 0 aliphatic heterocycles. The molecule has 18 heavy (non-hydrogen) atoms. The number of benzene rings is 1. The number of likely N-dealkylation sites (N-methyl/N-ethyl adjacent to an activating group) is 1. The van der Waals surface area contributed by atoms with E-state index in [2.05, 4.69) is 0 Å². The summed E-state index contributed by atoms with van der Waals surface area (Å²) in [4.78, 5) is 24.0. The van der Waals surface area contributed by atoms with Gasteiger partial charge in [0.25, 0.3) is 0 Å². The van der Waals surface area contributed by atoms with E-state index in [0.717, 1.165) is 5.56 Å². The van der Waals surface area contributed by atoms with E-state index in [-0.39, 0.29) is 23.9 Å². The van der Waals surface area contributed by atoms with Crippen LogP contribution in [0.15, 0.2) is 24.3 Å². The van der Waals surface area contributed by atoms with Gasteiger partial charge in [0.15, 0.2) is 0 Å². The molecule has 1 aromatic carbocycles. The van der Waals surface area contributed by atoms with Crippen molar-refractivity contribution in [3.63, 3.8) is 0 Å². The number of nitrogens with zero attached hydrogens (tertiary/aromatic N) is 1.